The summed E-state index contributed by atoms with van der Waals surface area (Å²) in [7, 11) is 0. The third kappa shape index (κ3) is 7.23. The van der Waals surface area contributed by atoms with Crippen molar-refractivity contribution in [2.75, 3.05) is 0 Å². The third-order valence-electron chi connectivity index (χ3n) is 5.73. The van der Waals surface area contributed by atoms with Gasteiger partial charge in [-0.2, -0.15) is 0 Å². The van der Waals surface area contributed by atoms with Crippen molar-refractivity contribution in [1.82, 2.24) is 0 Å². The van der Waals surface area contributed by atoms with Crippen molar-refractivity contribution in [3.05, 3.63) is 12.2 Å². The van der Waals surface area contributed by atoms with Crippen LogP contribution < -0.4 is 0 Å². The van der Waals surface area contributed by atoms with E-state index in [1.807, 2.05) is 6.92 Å². The van der Waals surface area contributed by atoms with E-state index in [9.17, 15) is 14.6 Å². The number of halogens is 1. The van der Waals surface area contributed by atoms with Crippen LogP contribution in [0.3, 0.4) is 0 Å². The Morgan fingerprint density at radius 2 is 1.79 bits per heavy atom. The van der Waals surface area contributed by atoms with Crippen LogP contribution in [0.1, 0.15) is 85.0 Å². The van der Waals surface area contributed by atoms with Gasteiger partial charge >= 0.3 is 0 Å². The maximum absolute atomic E-state index is 13.9. The minimum atomic E-state index is -1.10. The van der Waals surface area contributed by atoms with Crippen LogP contribution in [-0.4, -0.2) is 28.6 Å². The second-order valence-corrected chi connectivity index (χ2v) is 7.76. The quantitative estimate of drug-likeness (QED) is 0.367. The lowest BCUT2D eigenvalue weighted by atomic mass is 9.83. The first-order chi connectivity index (χ1) is 11.5. The highest BCUT2D eigenvalue weighted by Crippen LogP contribution is 2.42. The van der Waals surface area contributed by atoms with Crippen LogP contribution in [0, 0.1) is 17.8 Å². The van der Waals surface area contributed by atoms with Crippen LogP contribution in [0.2, 0.25) is 0 Å². The average Bonchev–Trinajstić information content (AvgIpc) is 2.83. The summed E-state index contributed by atoms with van der Waals surface area (Å²) in [5.74, 6) is 1.11. The molecule has 0 saturated heterocycles. The molecule has 0 heterocycles. The summed E-state index contributed by atoms with van der Waals surface area (Å²) in [4.78, 5) is 0. The Morgan fingerprint density at radius 1 is 1.08 bits per heavy atom. The summed E-state index contributed by atoms with van der Waals surface area (Å²) < 4.78 is 13.9. The normalized spacial score (nSPS) is 30.1. The van der Waals surface area contributed by atoms with Gasteiger partial charge in [-0.1, -0.05) is 58.6 Å². The lowest BCUT2D eigenvalue weighted by Crippen LogP contribution is -2.25. The van der Waals surface area contributed by atoms with E-state index in [0.717, 1.165) is 38.5 Å². The minimum Gasteiger partial charge on any atom is -0.393 e. The van der Waals surface area contributed by atoms with E-state index in [-0.39, 0.29) is 12.0 Å². The number of rotatable bonds is 12. The number of aliphatic hydroxyl groups is 2. The van der Waals surface area contributed by atoms with E-state index in [4.69, 9.17) is 0 Å². The maximum Gasteiger partial charge on any atom is 0.126 e. The van der Waals surface area contributed by atoms with Crippen LogP contribution >= 0.6 is 0 Å². The topological polar surface area (TPSA) is 40.5 Å². The van der Waals surface area contributed by atoms with E-state index in [0.29, 0.717) is 24.7 Å². The van der Waals surface area contributed by atoms with Gasteiger partial charge in [-0.05, 0) is 56.3 Å². The number of hydrogen-bond acceptors (Lipinski definition) is 2. The molecule has 1 rings (SSSR count). The number of aliphatic hydroxyl groups excluding tert-OH is 2. The molecule has 1 fully saturated rings. The monoisotopic (exact) mass is 342 g/mol. The Hall–Kier alpha value is -0.410. The highest BCUT2D eigenvalue weighted by Gasteiger charge is 2.39. The number of alkyl halides is 1. The molecule has 0 aromatic rings. The fourth-order valence-corrected chi connectivity index (χ4v) is 4.10. The molecule has 6 atom stereocenters. The van der Waals surface area contributed by atoms with E-state index in [1.165, 1.54) is 12.8 Å². The smallest absolute Gasteiger partial charge is 0.126 e. The molecule has 1 aliphatic rings. The number of hydrogen-bond donors (Lipinski definition) is 2. The zero-order chi connectivity index (χ0) is 17.9. The van der Waals surface area contributed by atoms with Crippen LogP contribution in [0.5, 0.6) is 0 Å². The van der Waals surface area contributed by atoms with Crippen molar-refractivity contribution in [2.24, 2.45) is 17.8 Å². The summed E-state index contributed by atoms with van der Waals surface area (Å²) in [5, 5.41) is 20.4. The maximum atomic E-state index is 13.9. The van der Waals surface area contributed by atoms with E-state index < -0.39 is 12.3 Å². The van der Waals surface area contributed by atoms with Crippen LogP contribution in [0.4, 0.5) is 4.39 Å². The predicted molar refractivity (Wildman–Crippen MR) is 99.7 cm³/mol. The van der Waals surface area contributed by atoms with Gasteiger partial charge in [-0.25, -0.2) is 4.39 Å². The Kier molecular flexibility index (Phi) is 10.8. The standard InChI is InChI=1S/C21H39FO2/c1-4-6-8-9-10-11-18-17(16(3)15-21(18)24)13-14-20(23)19(22)12-7-5-2/h9-10,16-21,23-24H,4-8,11-15H2,1-3H3/b10-9+. The molecule has 0 amide bonds. The van der Waals surface area contributed by atoms with E-state index in [2.05, 4.69) is 26.0 Å². The molecular formula is C21H39FO2. The van der Waals surface area contributed by atoms with Gasteiger partial charge < -0.3 is 10.2 Å². The Bertz CT molecular complexity index is 345. The summed E-state index contributed by atoms with van der Waals surface area (Å²) in [6, 6.07) is 0. The molecule has 0 aromatic carbocycles. The van der Waals surface area contributed by atoms with Crippen molar-refractivity contribution in [3.63, 3.8) is 0 Å². The van der Waals surface area contributed by atoms with Gasteiger partial charge in [0.25, 0.3) is 0 Å². The summed E-state index contributed by atoms with van der Waals surface area (Å²) in [6.45, 7) is 6.42. The molecule has 24 heavy (non-hydrogen) atoms. The van der Waals surface area contributed by atoms with E-state index in [1.54, 1.807) is 0 Å². The number of unbranched alkanes of at least 4 members (excludes halogenated alkanes) is 3. The number of allylic oxidation sites excluding steroid dienone is 2. The van der Waals surface area contributed by atoms with Crippen molar-refractivity contribution in [3.8, 4) is 0 Å². The summed E-state index contributed by atoms with van der Waals surface area (Å²) in [5.41, 5.74) is 0. The molecule has 0 aliphatic heterocycles. The SMILES string of the molecule is CCCC/C=C/CC1C(O)CC(C)C1CCC(O)C(F)CCCC. The van der Waals surface area contributed by atoms with Crippen molar-refractivity contribution < 1.29 is 14.6 Å². The van der Waals surface area contributed by atoms with Crippen molar-refractivity contribution in [1.29, 1.82) is 0 Å². The largest absolute Gasteiger partial charge is 0.393 e. The molecule has 2 N–H and O–H groups in total. The molecule has 0 spiro atoms. The average molecular weight is 343 g/mol. The fourth-order valence-electron chi connectivity index (χ4n) is 4.10. The van der Waals surface area contributed by atoms with Crippen LogP contribution in [0.25, 0.3) is 0 Å². The second kappa shape index (κ2) is 12.0. The Balaban J connectivity index is 2.45. The lowest BCUT2D eigenvalue weighted by Gasteiger charge is -2.25. The van der Waals surface area contributed by atoms with Gasteiger partial charge in [0.1, 0.15) is 6.17 Å². The molecule has 0 aromatic heterocycles. The molecular weight excluding hydrogens is 303 g/mol. The molecule has 3 heteroatoms. The summed E-state index contributed by atoms with van der Waals surface area (Å²) in [6.07, 6.45) is 11.1. The zero-order valence-electron chi connectivity index (χ0n) is 16.0. The van der Waals surface area contributed by atoms with Gasteiger partial charge in [-0.15, -0.1) is 0 Å². The molecule has 142 valence electrons. The predicted octanol–water partition coefficient (Wildman–Crippen LogP) is 5.43. The molecule has 1 saturated carbocycles. The lowest BCUT2D eigenvalue weighted by molar-refractivity contribution is 0.0523. The van der Waals surface area contributed by atoms with Crippen LogP contribution in [-0.2, 0) is 0 Å². The van der Waals surface area contributed by atoms with Crippen molar-refractivity contribution >= 4 is 0 Å². The molecule has 1 aliphatic carbocycles. The third-order valence-corrected chi connectivity index (χ3v) is 5.73. The van der Waals surface area contributed by atoms with E-state index >= 15 is 0 Å². The zero-order valence-corrected chi connectivity index (χ0v) is 16.0. The van der Waals surface area contributed by atoms with Gasteiger partial charge in [0.15, 0.2) is 0 Å². The minimum absolute atomic E-state index is 0.251. The summed E-state index contributed by atoms with van der Waals surface area (Å²) >= 11 is 0. The van der Waals surface area contributed by atoms with Gasteiger partial charge in [-0.3, -0.25) is 0 Å². The van der Waals surface area contributed by atoms with Crippen LogP contribution in [0.15, 0.2) is 12.2 Å². The first kappa shape index (κ1) is 21.6. The first-order valence-corrected chi connectivity index (χ1v) is 10.2. The molecule has 2 nitrogen and oxygen atoms in total. The van der Waals surface area contributed by atoms with Crippen molar-refractivity contribution in [2.45, 2.75) is 103 Å². The molecule has 0 bridgehead atoms. The Morgan fingerprint density at radius 3 is 2.46 bits per heavy atom. The van der Waals surface area contributed by atoms with Gasteiger partial charge in [0.05, 0.1) is 12.2 Å². The second-order valence-electron chi connectivity index (χ2n) is 7.76. The molecule has 0 radical (unpaired) electrons. The fraction of sp³-hybridized carbons (Fsp3) is 0.905. The Labute approximate surface area is 148 Å². The van der Waals surface area contributed by atoms with Gasteiger partial charge in [0.2, 0.25) is 0 Å². The molecule has 6 unspecified atom stereocenters. The van der Waals surface area contributed by atoms with Gasteiger partial charge in [0, 0.05) is 0 Å². The highest BCUT2D eigenvalue weighted by atomic mass is 19.1. The first-order valence-electron chi connectivity index (χ1n) is 10.2. The highest BCUT2D eigenvalue weighted by molar-refractivity contribution is 4.95.